The first-order valence-corrected chi connectivity index (χ1v) is 9.03. The van der Waals surface area contributed by atoms with Crippen LogP contribution in [0.15, 0.2) is 36.4 Å². The van der Waals surface area contributed by atoms with Gasteiger partial charge in [0.15, 0.2) is 0 Å². The molecule has 27 heavy (non-hydrogen) atoms. The fraction of sp³-hybridized carbons (Fsp3) is 0.316. The highest BCUT2D eigenvalue weighted by atomic mass is 35.5. The molecule has 1 heterocycles. The molecule has 1 aliphatic rings. The zero-order valence-electron chi connectivity index (χ0n) is 14.7. The summed E-state index contributed by atoms with van der Waals surface area (Å²) in [7, 11) is 0. The van der Waals surface area contributed by atoms with Gasteiger partial charge in [0.1, 0.15) is 11.5 Å². The van der Waals surface area contributed by atoms with Crippen LogP contribution in [0, 0.1) is 21.8 Å². The van der Waals surface area contributed by atoms with Gasteiger partial charge in [-0.25, -0.2) is 4.39 Å². The molecule has 0 bridgehead atoms. The molecule has 2 aromatic carbocycles. The summed E-state index contributed by atoms with van der Waals surface area (Å²) in [5, 5.41) is 14.1. The number of rotatable bonds is 4. The van der Waals surface area contributed by atoms with Gasteiger partial charge in [-0.3, -0.25) is 14.9 Å². The fourth-order valence-corrected chi connectivity index (χ4v) is 3.34. The number of anilines is 2. The number of nitro groups is 1. The number of nitrogens with one attached hydrogen (secondary N) is 1. The second-order valence-electron chi connectivity index (χ2n) is 6.68. The largest absolute Gasteiger partial charge is 0.366 e. The molecule has 1 saturated heterocycles. The van der Waals surface area contributed by atoms with Gasteiger partial charge in [0.2, 0.25) is 0 Å². The normalized spacial score (nSPS) is 14.9. The number of nitrogens with zero attached hydrogens (tertiary/aromatic N) is 2. The van der Waals surface area contributed by atoms with Crippen molar-refractivity contribution in [3.63, 3.8) is 0 Å². The van der Waals surface area contributed by atoms with E-state index in [1.54, 1.807) is 6.07 Å². The lowest BCUT2D eigenvalue weighted by Gasteiger charge is -2.32. The molecule has 1 N–H and O–H groups in total. The van der Waals surface area contributed by atoms with E-state index in [2.05, 4.69) is 12.2 Å². The van der Waals surface area contributed by atoms with Crippen molar-refractivity contribution in [2.24, 2.45) is 5.92 Å². The van der Waals surface area contributed by atoms with Gasteiger partial charge in [-0.2, -0.15) is 0 Å². The van der Waals surface area contributed by atoms with Gasteiger partial charge < -0.3 is 10.2 Å². The van der Waals surface area contributed by atoms with E-state index >= 15 is 0 Å². The summed E-state index contributed by atoms with van der Waals surface area (Å²) in [6.45, 7) is 3.52. The first kappa shape index (κ1) is 19.1. The maximum atomic E-state index is 13.8. The summed E-state index contributed by atoms with van der Waals surface area (Å²) in [5.41, 5.74) is 0.378. The van der Waals surface area contributed by atoms with Gasteiger partial charge in [-0.05, 0) is 37.0 Å². The van der Waals surface area contributed by atoms with E-state index in [-0.39, 0.29) is 22.0 Å². The first-order valence-electron chi connectivity index (χ1n) is 8.65. The monoisotopic (exact) mass is 391 g/mol. The van der Waals surface area contributed by atoms with Gasteiger partial charge in [-0.15, -0.1) is 0 Å². The maximum Gasteiger partial charge on any atom is 0.294 e. The van der Waals surface area contributed by atoms with Gasteiger partial charge >= 0.3 is 0 Å². The molecule has 6 nitrogen and oxygen atoms in total. The maximum absolute atomic E-state index is 13.8. The van der Waals surface area contributed by atoms with Crippen LogP contribution in [0.1, 0.15) is 30.1 Å². The third-order valence-electron chi connectivity index (χ3n) is 4.75. The van der Waals surface area contributed by atoms with Gasteiger partial charge in [0.25, 0.3) is 11.6 Å². The van der Waals surface area contributed by atoms with E-state index in [1.807, 2.05) is 4.90 Å². The van der Waals surface area contributed by atoms with Crippen molar-refractivity contribution >= 4 is 34.6 Å². The third kappa shape index (κ3) is 4.19. The molecule has 1 fully saturated rings. The number of carbonyl (C=O) groups excluding carboxylic acids is 1. The van der Waals surface area contributed by atoms with Crippen LogP contribution in [0.3, 0.4) is 0 Å². The van der Waals surface area contributed by atoms with Crippen molar-refractivity contribution in [1.82, 2.24) is 0 Å². The Kier molecular flexibility index (Phi) is 5.60. The van der Waals surface area contributed by atoms with E-state index in [4.69, 9.17) is 11.6 Å². The quantitative estimate of drug-likeness (QED) is 0.595. The lowest BCUT2D eigenvalue weighted by molar-refractivity contribution is -0.384. The second-order valence-corrected chi connectivity index (χ2v) is 7.09. The minimum atomic E-state index is -0.665. The predicted octanol–water partition coefficient (Wildman–Crippen LogP) is 4.88. The summed E-state index contributed by atoms with van der Waals surface area (Å²) in [4.78, 5) is 25.3. The van der Waals surface area contributed by atoms with Crippen molar-refractivity contribution in [1.29, 1.82) is 0 Å². The number of carbonyl (C=O) groups is 1. The highest BCUT2D eigenvalue weighted by molar-refractivity contribution is 6.34. The molecule has 0 aliphatic carbocycles. The smallest absolute Gasteiger partial charge is 0.294 e. The minimum Gasteiger partial charge on any atom is -0.366 e. The van der Waals surface area contributed by atoms with Crippen LogP contribution in [-0.4, -0.2) is 23.9 Å². The second kappa shape index (κ2) is 7.92. The van der Waals surface area contributed by atoms with Gasteiger partial charge in [-0.1, -0.05) is 30.7 Å². The predicted molar refractivity (Wildman–Crippen MR) is 103 cm³/mol. The molecule has 0 radical (unpaired) electrons. The summed E-state index contributed by atoms with van der Waals surface area (Å²) >= 11 is 6.15. The molecule has 0 saturated carbocycles. The van der Waals surface area contributed by atoms with Gasteiger partial charge in [0.05, 0.1) is 21.2 Å². The van der Waals surface area contributed by atoms with E-state index in [0.29, 0.717) is 24.7 Å². The molecule has 2 aromatic rings. The Morgan fingerprint density at radius 1 is 1.30 bits per heavy atom. The van der Waals surface area contributed by atoms with Crippen LogP contribution in [0.5, 0.6) is 0 Å². The average molecular weight is 392 g/mol. The number of nitro benzene ring substituents is 1. The van der Waals surface area contributed by atoms with Crippen LogP contribution in [-0.2, 0) is 0 Å². The minimum absolute atomic E-state index is 0.0283. The summed E-state index contributed by atoms with van der Waals surface area (Å²) in [5.74, 6) is -0.756. The molecule has 8 heteroatoms. The average Bonchev–Trinajstić information content (AvgIpc) is 2.64. The Hall–Kier alpha value is -2.67. The van der Waals surface area contributed by atoms with Crippen molar-refractivity contribution < 1.29 is 14.1 Å². The van der Waals surface area contributed by atoms with E-state index < -0.39 is 16.6 Å². The summed E-state index contributed by atoms with van der Waals surface area (Å²) in [6.07, 6.45) is 1.85. The van der Waals surface area contributed by atoms with E-state index in [0.717, 1.165) is 12.8 Å². The SMILES string of the molecule is CC1CCN(c2cc(NC(=O)c3ccccc3F)c(Cl)cc2[N+](=O)[O-])CC1. The highest BCUT2D eigenvalue weighted by Crippen LogP contribution is 2.38. The van der Waals surface area contributed by atoms with Crippen LogP contribution < -0.4 is 10.2 Å². The number of halogens is 2. The molecular weight excluding hydrogens is 373 g/mol. The van der Waals surface area contributed by atoms with Crippen LogP contribution in [0.25, 0.3) is 0 Å². The number of hydrogen-bond donors (Lipinski definition) is 1. The molecule has 3 rings (SSSR count). The highest BCUT2D eigenvalue weighted by Gasteiger charge is 2.26. The van der Waals surface area contributed by atoms with Crippen LogP contribution in [0.2, 0.25) is 5.02 Å². The van der Waals surface area contributed by atoms with Gasteiger partial charge in [0, 0.05) is 19.2 Å². The Balaban J connectivity index is 1.94. The Labute approximate surface area is 161 Å². The van der Waals surface area contributed by atoms with Crippen molar-refractivity contribution in [3.8, 4) is 0 Å². The molecule has 0 aromatic heterocycles. The van der Waals surface area contributed by atoms with Crippen molar-refractivity contribution in [2.45, 2.75) is 19.8 Å². The van der Waals surface area contributed by atoms with E-state index in [1.165, 1.54) is 30.3 Å². The first-order chi connectivity index (χ1) is 12.9. The Morgan fingerprint density at radius 3 is 2.59 bits per heavy atom. The van der Waals surface area contributed by atoms with Crippen LogP contribution in [0.4, 0.5) is 21.5 Å². The third-order valence-corrected chi connectivity index (χ3v) is 5.06. The standard InChI is InChI=1S/C19H19ClFN3O3/c1-12-6-8-23(9-7-12)17-11-16(14(20)10-18(17)24(26)27)22-19(25)13-4-2-3-5-15(13)21/h2-5,10-12H,6-9H2,1H3,(H,22,25). The lowest BCUT2D eigenvalue weighted by Crippen LogP contribution is -2.33. The van der Waals surface area contributed by atoms with E-state index in [9.17, 15) is 19.3 Å². The fourth-order valence-electron chi connectivity index (χ4n) is 3.13. The molecule has 0 spiro atoms. The topological polar surface area (TPSA) is 75.5 Å². The Morgan fingerprint density at radius 2 is 1.96 bits per heavy atom. The van der Waals surface area contributed by atoms with Crippen LogP contribution >= 0.6 is 11.6 Å². The number of amides is 1. The number of hydrogen-bond acceptors (Lipinski definition) is 4. The zero-order chi connectivity index (χ0) is 19.6. The molecular formula is C19H19ClFN3O3. The molecule has 0 atom stereocenters. The molecule has 1 aliphatic heterocycles. The Bertz CT molecular complexity index is 882. The summed E-state index contributed by atoms with van der Waals surface area (Å²) in [6, 6.07) is 8.31. The number of piperidine rings is 1. The van der Waals surface area contributed by atoms with Crippen molar-refractivity contribution in [2.75, 3.05) is 23.3 Å². The zero-order valence-corrected chi connectivity index (χ0v) is 15.5. The number of benzene rings is 2. The molecule has 142 valence electrons. The summed E-state index contributed by atoms with van der Waals surface area (Å²) < 4.78 is 13.8. The molecule has 1 amide bonds. The lowest BCUT2D eigenvalue weighted by atomic mass is 9.98. The molecule has 0 unspecified atom stereocenters. The van der Waals surface area contributed by atoms with Crippen molar-refractivity contribution in [3.05, 3.63) is 62.9 Å².